The number of hydrogen-bond donors (Lipinski definition) is 1. The molecule has 3 aromatic rings. The molecule has 170 valence electrons. The number of fused-ring (bicyclic) bond motifs is 1. The lowest BCUT2D eigenvalue weighted by Gasteiger charge is -2.05. The number of ether oxygens (including phenoxy) is 1. The van der Waals surface area contributed by atoms with Gasteiger partial charge in [-0.05, 0) is 25.1 Å². The minimum Gasteiger partial charge on any atom is -0.465 e. The third kappa shape index (κ3) is 6.45. The summed E-state index contributed by atoms with van der Waals surface area (Å²) in [6, 6.07) is 4.93. The summed E-state index contributed by atoms with van der Waals surface area (Å²) in [5.74, 6) is -4.17. The van der Waals surface area contributed by atoms with E-state index in [0.29, 0.717) is 15.2 Å². The maximum atomic E-state index is 12.4. The Bertz CT molecular complexity index is 1330. The topological polar surface area (TPSA) is 137 Å². The maximum Gasteiger partial charge on any atom is 0.326 e. The number of thiazole rings is 2. The highest BCUT2D eigenvalue weighted by atomic mass is 35.5. The van der Waals surface area contributed by atoms with Crippen molar-refractivity contribution in [1.29, 1.82) is 0 Å². The van der Waals surface area contributed by atoms with Crippen molar-refractivity contribution < 1.29 is 27.5 Å². The van der Waals surface area contributed by atoms with Crippen LogP contribution in [0.25, 0.3) is 10.2 Å². The number of carbonyl (C=O) groups is 3. The first-order valence-electron chi connectivity index (χ1n) is 9.08. The molecule has 0 aliphatic carbocycles. The average Bonchev–Trinajstić information content (AvgIpc) is 3.28. The van der Waals surface area contributed by atoms with E-state index in [-0.39, 0.29) is 23.1 Å². The van der Waals surface area contributed by atoms with Gasteiger partial charge in [-0.3, -0.25) is 14.4 Å². The standard InChI is InChI=1S/C18H17ClN4O6S3/c1-2-29-16(26)8-23-12-4-3-11(19)7-13(12)31-18(23)22-15(25)10-32(27,28)9-14(24)21-17-20-5-6-30-17/h3-7H,2,8-10H2,1H3,(H,20,21,24). The highest BCUT2D eigenvalue weighted by molar-refractivity contribution is 7.92. The Balaban J connectivity index is 1.82. The maximum absolute atomic E-state index is 12.4. The summed E-state index contributed by atoms with van der Waals surface area (Å²) in [6.45, 7) is 1.63. The molecule has 0 aliphatic rings. The van der Waals surface area contributed by atoms with E-state index in [9.17, 15) is 22.8 Å². The fourth-order valence-corrected chi connectivity index (χ4v) is 5.52. The van der Waals surface area contributed by atoms with Gasteiger partial charge in [-0.1, -0.05) is 22.9 Å². The van der Waals surface area contributed by atoms with Gasteiger partial charge in [0, 0.05) is 16.6 Å². The van der Waals surface area contributed by atoms with Gasteiger partial charge in [0.1, 0.15) is 18.1 Å². The molecule has 2 heterocycles. The number of esters is 1. The van der Waals surface area contributed by atoms with Gasteiger partial charge in [-0.25, -0.2) is 13.4 Å². The minimum atomic E-state index is -4.08. The molecule has 32 heavy (non-hydrogen) atoms. The van der Waals surface area contributed by atoms with E-state index in [4.69, 9.17) is 16.3 Å². The van der Waals surface area contributed by atoms with Gasteiger partial charge in [-0.15, -0.1) is 11.3 Å². The number of rotatable bonds is 8. The molecule has 10 nitrogen and oxygen atoms in total. The summed E-state index contributed by atoms with van der Waals surface area (Å²) < 4.78 is 31.6. The van der Waals surface area contributed by atoms with Crippen molar-refractivity contribution >= 4 is 77.2 Å². The SMILES string of the molecule is CCOC(=O)Cn1c(=NC(=O)CS(=O)(=O)CC(=O)Nc2nccs2)sc2cc(Cl)ccc21. The summed E-state index contributed by atoms with van der Waals surface area (Å²) in [4.78, 5) is 44.1. The fraction of sp³-hybridized carbons (Fsp3) is 0.278. The molecule has 0 unspecified atom stereocenters. The third-order valence-corrected chi connectivity index (χ3v) is 7.18. The second-order valence-corrected chi connectivity index (χ2v) is 10.7. The quantitative estimate of drug-likeness (QED) is 0.451. The van der Waals surface area contributed by atoms with Crippen molar-refractivity contribution in [2.45, 2.75) is 13.5 Å². The molecule has 0 saturated carbocycles. The van der Waals surface area contributed by atoms with E-state index in [2.05, 4.69) is 15.3 Å². The Labute approximate surface area is 195 Å². The van der Waals surface area contributed by atoms with Crippen LogP contribution in [0, 0.1) is 0 Å². The number of amides is 2. The Morgan fingerprint density at radius 3 is 2.75 bits per heavy atom. The molecular formula is C18H17ClN4O6S3. The van der Waals surface area contributed by atoms with Crippen LogP contribution >= 0.6 is 34.3 Å². The first-order chi connectivity index (χ1) is 15.2. The van der Waals surface area contributed by atoms with Crippen LogP contribution in [-0.4, -0.2) is 53.9 Å². The first-order valence-corrected chi connectivity index (χ1v) is 13.0. The molecule has 0 bridgehead atoms. The summed E-state index contributed by atoms with van der Waals surface area (Å²) >= 11 is 8.22. The lowest BCUT2D eigenvalue weighted by Crippen LogP contribution is -2.28. The van der Waals surface area contributed by atoms with E-state index in [1.807, 2.05) is 0 Å². The monoisotopic (exact) mass is 516 g/mol. The van der Waals surface area contributed by atoms with Crippen LogP contribution in [0.3, 0.4) is 0 Å². The van der Waals surface area contributed by atoms with Gasteiger partial charge < -0.3 is 14.6 Å². The molecule has 0 radical (unpaired) electrons. The van der Waals surface area contributed by atoms with Crippen LogP contribution in [0.2, 0.25) is 5.02 Å². The zero-order valence-electron chi connectivity index (χ0n) is 16.6. The second kappa shape index (κ2) is 10.3. The molecule has 1 aromatic carbocycles. The highest BCUT2D eigenvalue weighted by Gasteiger charge is 2.22. The Morgan fingerprint density at radius 1 is 1.28 bits per heavy atom. The van der Waals surface area contributed by atoms with Gasteiger partial charge in [-0.2, -0.15) is 4.99 Å². The van der Waals surface area contributed by atoms with E-state index < -0.39 is 39.1 Å². The first kappa shape index (κ1) is 24.0. The molecular weight excluding hydrogens is 500 g/mol. The van der Waals surface area contributed by atoms with Crippen LogP contribution in [0.4, 0.5) is 5.13 Å². The van der Waals surface area contributed by atoms with Crippen LogP contribution in [0.1, 0.15) is 6.92 Å². The molecule has 0 spiro atoms. The van der Waals surface area contributed by atoms with Crippen LogP contribution in [-0.2, 0) is 35.5 Å². The number of hydrogen-bond acceptors (Lipinski definition) is 9. The van der Waals surface area contributed by atoms with Gasteiger partial charge >= 0.3 is 5.97 Å². The lowest BCUT2D eigenvalue weighted by molar-refractivity contribution is -0.143. The molecule has 14 heteroatoms. The van der Waals surface area contributed by atoms with Crippen LogP contribution in [0.15, 0.2) is 34.8 Å². The van der Waals surface area contributed by atoms with Gasteiger partial charge in [0.2, 0.25) is 5.91 Å². The van der Waals surface area contributed by atoms with Crippen molar-refractivity contribution in [1.82, 2.24) is 9.55 Å². The number of benzene rings is 1. The molecule has 0 fully saturated rings. The average molecular weight is 517 g/mol. The zero-order valence-corrected chi connectivity index (χ0v) is 19.8. The number of anilines is 1. The third-order valence-electron chi connectivity index (χ3n) is 3.83. The molecule has 2 amide bonds. The van der Waals surface area contributed by atoms with Crippen molar-refractivity contribution in [3.63, 3.8) is 0 Å². The number of carbonyl (C=O) groups excluding carboxylic acids is 3. The second-order valence-electron chi connectivity index (χ2n) is 6.31. The van der Waals surface area contributed by atoms with Gasteiger partial charge in [0.15, 0.2) is 19.8 Å². The highest BCUT2D eigenvalue weighted by Crippen LogP contribution is 2.22. The van der Waals surface area contributed by atoms with E-state index in [1.165, 1.54) is 10.8 Å². The summed E-state index contributed by atoms with van der Waals surface area (Å²) in [7, 11) is -4.08. The van der Waals surface area contributed by atoms with Crippen LogP contribution in [0.5, 0.6) is 0 Å². The fourth-order valence-electron chi connectivity index (χ4n) is 2.64. The number of halogens is 1. The largest absolute Gasteiger partial charge is 0.465 e. The Hall–Kier alpha value is -2.61. The number of sulfone groups is 1. The van der Waals surface area contributed by atoms with Gasteiger partial charge in [0.25, 0.3) is 5.91 Å². The lowest BCUT2D eigenvalue weighted by atomic mass is 10.3. The summed E-state index contributed by atoms with van der Waals surface area (Å²) in [5.41, 5.74) is 0.588. The Morgan fingerprint density at radius 2 is 2.06 bits per heavy atom. The molecule has 2 aromatic heterocycles. The molecule has 3 rings (SSSR count). The number of aromatic nitrogens is 2. The predicted octanol–water partition coefficient (Wildman–Crippen LogP) is 1.86. The smallest absolute Gasteiger partial charge is 0.326 e. The predicted molar refractivity (Wildman–Crippen MR) is 121 cm³/mol. The van der Waals surface area contributed by atoms with E-state index in [1.54, 1.807) is 30.5 Å². The van der Waals surface area contributed by atoms with E-state index in [0.717, 1.165) is 22.7 Å². The van der Waals surface area contributed by atoms with Crippen molar-refractivity contribution in [3.05, 3.63) is 39.6 Å². The van der Waals surface area contributed by atoms with Crippen molar-refractivity contribution in [3.8, 4) is 0 Å². The van der Waals surface area contributed by atoms with Crippen LogP contribution < -0.4 is 10.1 Å². The minimum absolute atomic E-state index is 0.114. The summed E-state index contributed by atoms with van der Waals surface area (Å²) in [6.07, 6.45) is 1.46. The Kier molecular flexibility index (Phi) is 7.77. The number of nitrogens with zero attached hydrogens (tertiary/aromatic N) is 3. The zero-order chi connectivity index (χ0) is 23.3. The molecule has 0 atom stereocenters. The molecule has 0 aliphatic heterocycles. The van der Waals surface area contributed by atoms with Crippen molar-refractivity contribution in [2.24, 2.45) is 4.99 Å². The van der Waals surface area contributed by atoms with Gasteiger partial charge in [0.05, 0.1) is 16.8 Å². The van der Waals surface area contributed by atoms with Crippen molar-refractivity contribution in [2.75, 3.05) is 23.4 Å². The summed E-state index contributed by atoms with van der Waals surface area (Å²) in [5, 5.41) is 4.68. The molecule has 1 N–H and O–H groups in total. The number of nitrogens with one attached hydrogen (secondary N) is 1. The van der Waals surface area contributed by atoms with E-state index >= 15 is 0 Å². The normalized spacial score (nSPS) is 12.1. The molecule has 0 saturated heterocycles.